The zero-order chi connectivity index (χ0) is 34.9. The number of hydrogen-bond donors (Lipinski definition) is 0. The fraction of sp³-hybridized carbons (Fsp3) is 0. The van der Waals surface area contributed by atoms with E-state index in [4.69, 9.17) is 4.42 Å². The molecule has 53 heavy (non-hydrogen) atoms. The van der Waals surface area contributed by atoms with Gasteiger partial charge in [-0.05, 0) is 93.0 Å². The van der Waals surface area contributed by atoms with Gasteiger partial charge in [0.1, 0.15) is 11.2 Å². The topological polar surface area (TPSA) is 16.4 Å². The Labute approximate surface area is 310 Å². The Morgan fingerprint density at radius 3 is 1.96 bits per heavy atom. The molecule has 0 aliphatic carbocycles. The van der Waals surface area contributed by atoms with Gasteiger partial charge < -0.3 is 9.32 Å². The van der Waals surface area contributed by atoms with E-state index in [1.807, 2.05) is 11.3 Å². The van der Waals surface area contributed by atoms with Gasteiger partial charge >= 0.3 is 0 Å². The fourth-order valence-electron chi connectivity index (χ4n) is 8.14. The van der Waals surface area contributed by atoms with Crippen LogP contribution < -0.4 is 4.90 Å². The molecule has 3 heteroatoms. The monoisotopic (exact) mass is 693 g/mol. The lowest BCUT2D eigenvalue weighted by Crippen LogP contribution is -2.10. The van der Waals surface area contributed by atoms with Gasteiger partial charge in [-0.15, -0.1) is 11.3 Å². The lowest BCUT2D eigenvalue weighted by molar-refractivity contribution is 0.673. The van der Waals surface area contributed by atoms with Crippen molar-refractivity contribution in [2.75, 3.05) is 4.90 Å². The van der Waals surface area contributed by atoms with Crippen LogP contribution in [0, 0.1) is 0 Å². The van der Waals surface area contributed by atoms with Crippen LogP contribution in [0.4, 0.5) is 17.1 Å². The van der Waals surface area contributed by atoms with Gasteiger partial charge in [-0.25, -0.2) is 0 Å². The van der Waals surface area contributed by atoms with Gasteiger partial charge in [0.2, 0.25) is 0 Å². The molecule has 0 aliphatic heterocycles. The molecule has 2 heterocycles. The summed E-state index contributed by atoms with van der Waals surface area (Å²) >= 11 is 1.86. The second-order valence-electron chi connectivity index (χ2n) is 13.7. The van der Waals surface area contributed by atoms with Gasteiger partial charge in [0.15, 0.2) is 0 Å². The molecular weight excluding hydrogens is 663 g/mol. The Bertz CT molecular complexity index is 3200. The van der Waals surface area contributed by atoms with Crippen LogP contribution >= 0.6 is 11.3 Å². The van der Waals surface area contributed by atoms with Gasteiger partial charge in [0.25, 0.3) is 0 Å². The van der Waals surface area contributed by atoms with Gasteiger partial charge in [-0.1, -0.05) is 133 Å². The fourth-order valence-corrected chi connectivity index (χ4v) is 9.34. The highest BCUT2D eigenvalue weighted by Gasteiger charge is 2.20. The SMILES string of the molecule is c1cc(-c2ccc3ccccc3c2)cc(N(c2cccc(-c3cccc4oc5c6ccccc6ccc5c34)c2)c2cccc3c2sc2ccccc23)c1. The van der Waals surface area contributed by atoms with Crippen LogP contribution in [0.2, 0.25) is 0 Å². The maximum Gasteiger partial charge on any atom is 0.143 e. The summed E-state index contributed by atoms with van der Waals surface area (Å²) < 4.78 is 9.15. The molecule has 0 atom stereocenters. The second-order valence-corrected chi connectivity index (χ2v) is 14.7. The molecular formula is C50H31NOS. The van der Waals surface area contributed by atoms with Crippen LogP contribution in [0.25, 0.3) is 85.9 Å². The maximum atomic E-state index is 6.59. The number of anilines is 3. The number of benzene rings is 9. The number of fused-ring (bicyclic) bond motifs is 9. The Kier molecular flexibility index (Phi) is 6.76. The first-order valence-corrected chi connectivity index (χ1v) is 18.8. The first-order valence-electron chi connectivity index (χ1n) is 18.0. The highest BCUT2D eigenvalue weighted by Crippen LogP contribution is 2.47. The lowest BCUT2D eigenvalue weighted by atomic mass is 9.97. The number of furan rings is 1. The van der Waals surface area contributed by atoms with Crippen LogP contribution in [0.3, 0.4) is 0 Å². The van der Waals surface area contributed by atoms with Gasteiger partial charge in [0.05, 0.1) is 10.4 Å². The molecule has 0 fully saturated rings. The number of rotatable bonds is 5. The third-order valence-electron chi connectivity index (χ3n) is 10.6. The maximum absolute atomic E-state index is 6.59. The summed E-state index contributed by atoms with van der Waals surface area (Å²) in [5, 5.41) is 9.64. The van der Waals surface area contributed by atoms with Gasteiger partial charge in [-0.2, -0.15) is 0 Å². The molecule has 0 unspecified atom stereocenters. The average molecular weight is 694 g/mol. The van der Waals surface area contributed by atoms with E-state index in [9.17, 15) is 0 Å². The van der Waals surface area contributed by atoms with Crippen molar-refractivity contribution in [2.45, 2.75) is 0 Å². The molecule has 11 rings (SSSR count). The van der Waals surface area contributed by atoms with Crippen LogP contribution in [0.5, 0.6) is 0 Å². The molecule has 0 radical (unpaired) electrons. The number of thiophene rings is 1. The van der Waals surface area contributed by atoms with Crippen LogP contribution in [-0.4, -0.2) is 0 Å². The summed E-state index contributed by atoms with van der Waals surface area (Å²) in [6.45, 7) is 0. The lowest BCUT2D eigenvalue weighted by Gasteiger charge is -2.27. The summed E-state index contributed by atoms with van der Waals surface area (Å²) in [6, 6.07) is 68.0. The van der Waals surface area contributed by atoms with E-state index in [2.05, 4.69) is 193 Å². The predicted molar refractivity (Wildman–Crippen MR) is 227 cm³/mol. The Balaban J connectivity index is 1.13. The molecule has 0 N–H and O–H groups in total. The molecule has 0 bridgehead atoms. The smallest absolute Gasteiger partial charge is 0.143 e. The molecule has 248 valence electrons. The van der Waals surface area contributed by atoms with E-state index in [1.54, 1.807) is 0 Å². The third-order valence-corrected chi connectivity index (χ3v) is 11.8. The van der Waals surface area contributed by atoms with Crippen molar-refractivity contribution in [1.29, 1.82) is 0 Å². The van der Waals surface area contributed by atoms with E-state index < -0.39 is 0 Å². The minimum Gasteiger partial charge on any atom is -0.455 e. The predicted octanol–water partition coefficient (Wildman–Crippen LogP) is 15.1. The minimum atomic E-state index is 0.897. The molecule has 0 spiro atoms. The number of hydrogen-bond acceptors (Lipinski definition) is 3. The molecule has 2 nitrogen and oxygen atoms in total. The van der Waals surface area contributed by atoms with E-state index in [-0.39, 0.29) is 0 Å². The molecule has 0 saturated heterocycles. The highest BCUT2D eigenvalue weighted by molar-refractivity contribution is 7.26. The number of nitrogens with zero attached hydrogens (tertiary/aromatic N) is 1. The highest BCUT2D eigenvalue weighted by atomic mass is 32.1. The first-order chi connectivity index (χ1) is 26.3. The Hall–Kier alpha value is -6.68. The van der Waals surface area contributed by atoms with E-state index >= 15 is 0 Å². The van der Waals surface area contributed by atoms with Crippen molar-refractivity contribution in [3.63, 3.8) is 0 Å². The third kappa shape index (κ3) is 4.86. The summed E-state index contributed by atoms with van der Waals surface area (Å²) in [5.74, 6) is 0. The zero-order valence-corrected chi connectivity index (χ0v) is 29.5. The van der Waals surface area contributed by atoms with Crippen molar-refractivity contribution in [1.82, 2.24) is 0 Å². The largest absolute Gasteiger partial charge is 0.455 e. The van der Waals surface area contributed by atoms with Crippen molar-refractivity contribution in [3.05, 3.63) is 188 Å². The Morgan fingerprint density at radius 2 is 1.08 bits per heavy atom. The first kappa shape index (κ1) is 30.0. The van der Waals surface area contributed by atoms with Crippen molar-refractivity contribution in [3.8, 4) is 22.3 Å². The van der Waals surface area contributed by atoms with Crippen molar-refractivity contribution in [2.24, 2.45) is 0 Å². The van der Waals surface area contributed by atoms with Crippen LogP contribution in [0.1, 0.15) is 0 Å². The quantitative estimate of drug-likeness (QED) is 0.178. The van der Waals surface area contributed by atoms with Crippen molar-refractivity contribution < 1.29 is 4.42 Å². The molecule has 0 aliphatic rings. The van der Waals surface area contributed by atoms with Crippen LogP contribution in [0.15, 0.2) is 192 Å². The normalized spacial score (nSPS) is 11.8. The molecule has 0 amide bonds. The van der Waals surface area contributed by atoms with Crippen LogP contribution in [-0.2, 0) is 0 Å². The van der Waals surface area contributed by atoms with Gasteiger partial charge in [-0.3, -0.25) is 0 Å². The summed E-state index contributed by atoms with van der Waals surface area (Å²) in [5.41, 5.74) is 9.88. The molecule has 0 saturated carbocycles. The van der Waals surface area contributed by atoms with E-state index in [1.165, 1.54) is 47.5 Å². The van der Waals surface area contributed by atoms with Crippen molar-refractivity contribution >= 4 is 92.1 Å². The molecule has 9 aromatic carbocycles. The summed E-state index contributed by atoms with van der Waals surface area (Å²) in [7, 11) is 0. The summed E-state index contributed by atoms with van der Waals surface area (Å²) in [4.78, 5) is 2.44. The van der Waals surface area contributed by atoms with E-state index in [0.717, 1.165) is 55.5 Å². The Morgan fingerprint density at radius 1 is 0.415 bits per heavy atom. The zero-order valence-electron chi connectivity index (χ0n) is 28.7. The second kappa shape index (κ2) is 11.9. The average Bonchev–Trinajstić information content (AvgIpc) is 3.81. The summed E-state index contributed by atoms with van der Waals surface area (Å²) in [6.07, 6.45) is 0. The standard InChI is InChI=1S/C50H31NOS/c1-2-13-34-29-36(26-25-32(34)11-1)35-14-7-16-38(30-35)51(45-22-9-21-43-42-19-5-6-24-47(42)53-50(43)45)39-17-8-15-37(31-39)40-20-10-23-46-48(40)44-28-27-33-12-3-4-18-41(33)49(44)52-46/h1-31H. The minimum absolute atomic E-state index is 0.897. The molecule has 2 aromatic heterocycles. The van der Waals surface area contributed by atoms with Gasteiger partial charge in [0, 0.05) is 43.0 Å². The molecule has 11 aromatic rings. The van der Waals surface area contributed by atoms with E-state index in [0.29, 0.717) is 0 Å².